The molecule has 10 rings (SSSR count). The van der Waals surface area contributed by atoms with Gasteiger partial charge in [0.15, 0.2) is 23.0 Å². The van der Waals surface area contributed by atoms with Gasteiger partial charge in [-0.15, -0.1) is 0 Å². The molecule has 5 nitrogen and oxygen atoms in total. The molecule has 43 heavy (non-hydrogen) atoms. The lowest BCUT2D eigenvalue weighted by Crippen LogP contribution is -2.61. The van der Waals surface area contributed by atoms with Crippen molar-refractivity contribution >= 4 is 57.2 Å². The lowest BCUT2D eigenvalue weighted by atomic mass is 9.33. The zero-order valence-electron chi connectivity index (χ0n) is 22.8. The monoisotopic (exact) mass is 549 g/mol. The standard InChI is InChI=1S/C37H20BN3O2/c39-21-22-9-1-2-10-24(22)23-19-29-35-30(20-23)41-28-14-4-6-16-32(28)43-34-18-8-12-26(37(34)41)38(35)25-11-7-17-33-36(25)40(29)27-13-3-5-15-31(27)42-33/h1-20H. The third-order valence-electron chi connectivity index (χ3n) is 9.05. The fourth-order valence-corrected chi connectivity index (χ4v) is 7.38. The number of ether oxygens (including phenoxy) is 2. The van der Waals surface area contributed by atoms with Gasteiger partial charge >= 0.3 is 0 Å². The van der Waals surface area contributed by atoms with Crippen LogP contribution >= 0.6 is 0 Å². The molecule has 4 aliphatic heterocycles. The summed E-state index contributed by atoms with van der Waals surface area (Å²) in [5, 5.41) is 10.1. The molecule has 0 N–H and O–H groups in total. The van der Waals surface area contributed by atoms with Crippen LogP contribution in [0.25, 0.3) is 11.1 Å². The van der Waals surface area contributed by atoms with E-state index in [1.165, 1.54) is 16.4 Å². The second-order valence-electron chi connectivity index (χ2n) is 11.2. The zero-order chi connectivity index (χ0) is 28.2. The van der Waals surface area contributed by atoms with Crippen LogP contribution in [0, 0.1) is 11.3 Å². The van der Waals surface area contributed by atoms with E-state index in [0.29, 0.717) is 5.56 Å². The van der Waals surface area contributed by atoms with Crippen molar-refractivity contribution in [2.75, 3.05) is 9.80 Å². The normalized spacial score (nSPS) is 13.8. The molecule has 6 aromatic rings. The minimum Gasteiger partial charge on any atom is -0.453 e. The summed E-state index contributed by atoms with van der Waals surface area (Å²) in [6, 6.07) is 44.0. The highest BCUT2D eigenvalue weighted by atomic mass is 16.5. The van der Waals surface area contributed by atoms with Crippen LogP contribution in [-0.4, -0.2) is 6.71 Å². The molecule has 0 aromatic heterocycles. The van der Waals surface area contributed by atoms with Crippen LogP contribution in [0.4, 0.5) is 34.1 Å². The highest BCUT2D eigenvalue weighted by molar-refractivity contribution is 7.00. The molecular weight excluding hydrogens is 529 g/mol. The highest BCUT2D eigenvalue weighted by Gasteiger charge is 2.48. The number of benzene rings is 6. The van der Waals surface area contributed by atoms with Gasteiger partial charge < -0.3 is 19.3 Å². The third kappa shape index (κ3) is 2.86. The molecule has 6 aromatic carbocycles. The van der Waals surface area contributed by atoms with Gasteiger partial charge in [-0.3, -0.25) is 0 Å². The number of fused-ring (bicyclic) bond motifs is 8. The first kappa shape index (κ1) is 22.7. The molecule has 0 saturated heterocycles. The average Bonchev–Trinajstić information content (AvgIpc) is 3.06. The van der Waals surface area contributed by atoms with Crippen molar-refractivity contribution in [3.63, 3.8) is 0 Å². The number of hydrogen-bond acceptors (Lipinski definition) is 5. The molecule has 0 aliphatic carbocycles. The van der Waals surface area contributed by atoms with Gasteiger partial charge in [0.1, 0.15) is 0 Å². The average molecular weight is 549 g/mol. The summed E-state index contributed by atoms with van der Waals surface area (Å²) >= 11 is 0. The second-order valence-corrected chi connectivity index (χ2v) is 11.2. The van der Waals surface area contributed by atoms with Gasteiger partial charge in [-0.25, -0.2) is 0 Å². The Kier molecular flexibility index (Phi) is 4.28. The van der Waals surface area contributed by atoms with E-state index in [0.717, 1.165) is 68.2 Å². The molecule has 0 atom stereocenters. The van der Waals surface area contributed by atoms with Crippen LogP contribution in [0.15, 0.2) is 121 Å². The second kappa shape index (κ2) is 8.09. The van der Waals surface area contributed by atoms with Gasteiger partial charge in [0, 0.05) is 11.4 Å². The van der Waals surface area contributed by atoms with Gasteiger partial charge in [0.25, 0.3) is 6.71 Å². The van der Waals surface area contributed by atoms with Crippen molar-refractivity contribution in [1.82, 2.24) is 0 Å². The molecule has 4 aliphatic rings. The quantitative estimate of drug-likeness (QED) is 0.198. The summed E-state index contributed by atoms with van der Waals surface area (Å²) in [7, 11) is 0. The minimum atomic E-state index is -0.0367. The van der Waals surface area contributed by atoms with Crippen LogP contribution in [0.5, 0.6) is 23.0 Å². The van der Waals surface area contributed by atoms with Gasteiger partial charge in [-0.2, -0.15) is 5.26 Å². The summed E-state index contributed by atoms with van der Waals surface area (Å²) in [6.45, 7) is -0.0367. The van der Waals surface area contributed by atoms with Crippen LogP contribution in [0.3, 0.4) is 0 Å². The van der Waals surface area contributed by atoms with Crippen molar-refractivity contribution in [3.8, 4) is 40.2 Å². The SMILES string of the molecule is N#Cc1ccccc1-c1cc2c3c(c1)N1c4ccccc4Oc4cccc(c41)B3c1cccc3c1N2c1ccccc1O3. The molecule has 0 amide bonds. The maximum Gasteiger partial charge on any atom is 0.252 e. The Labute approximate surface area is 248 Å². The Balaban J connectivity index is 1.38. The zero-order valence-corrected chi connectivity index (χ0v) is 22.8. The summed E-state index contributed by atoms with van der Waals surface area (Å²) in [4.78, 5) is 4.72. The first-order chi connectivity index (χ1) is 21.3. The fraction of sp³-hybridized carbons (Fsp3) is 0. The number of hydrogen-bond donors (Lipinski definition) is 0. The van der Waals surface area contributed by atoms with Gasteiger partial charge in [0.2, 0.25) is 0 Å². The maximum atomic E-state index is 10.1. The van der Waals surface area contributed by atoms with E-state index in [1.54, 1.807) is 0 Å². The molecule has 6 heteroatoms. The molecule has 198 valence electrons. The molecule has 0 fully saturated rings. The Morgan fingerprint density at radius 1 is 0.535 bits per heavy atom. The number of rotatable bonds is 1. The fourth-order valence-electron chi connectivity index (χ4n) is 7.38. The van der Waals surface area contributed by atoms with Gasteiger partial charge in [-0.05, 0) is 82.1 Å². The number of anilines is 6. The van der Waals surface area contributed by atoms with Crippen molar-refractivity contribution in [3.05, 3.63) is 127 Å². The predicted molar refractivity (Wildman–Crippen MR) is 171 cm³/mol. The Morgan fingerprint density at radius 3 is 1.63 bits per heavy atom. The first-order valence-corrected chi connectivity index (χ1v) is 14.4. The summed E-state index contributed by atoms with van der Waals surface area (Å²) in [6.07, 6.45) is 0. The lowest BCUT2D eigenvalue weighted by Gasteiger charge is -2.47. The van der Waals surface area contributed by atoms with E-state index in [9.17, 15) is 5.26 Å². The van der Waals surface area contributed by atoms with Crippen LogP contribution in [0.2, 0.25) is 0 Å². The smallest absolute Gasteiger partial charge is 0.252 e. The largest absolute Gasteiger partial charge is 0.453 e. The van der Waals surface area contributed by atoms with Gasteiger partial charge in [-0.1, -0.05) is 66.7 Å². The Bertz CT molecular complexity index is 2130. The summed E-state index contributed by atoms with van der Waals surface area (Å²) < 4.78 is 13.0. The van der Waals surface area contributed by atoms with Crippen LogP contribution in [-0.2, 0) is 0 Å². The van der Waals surface area contributed by atoms with Crippen LogP contribution in [0.1, 0.15) is 5.56 Å². The highest BCUT2D eigenvalue weighted by Crippen LogP contribution is 2.56. The van der Waals surface area contributed by atoms with E-state index < -0.39 is 0 Å². The number of nitrogens with zero attached hydrogens (tertiary/aromatic N) is 3. The topological polar surface area (TPSA) is 48.7 Å². The van der Waals surface area contributed by atoms with E-state index in [-0.39, 0.29) is 6.71 Å². The van der Waals surface area contributed by atoms with E-state index in [1.807, 2.05) is 48.5 Å². The maximum absolute atomic E-state index is 10.1. The number of nitriles is 1. The summed E-state index contributed by atoms with van der Waals surface area (Å²) in [5.41, 5.74) is 12.4. The van der Waals surface area contributed by atoms with Crippen molar-refractivity contribution in [2.45, 2.75) is 0 Å². The molecule has 4 heterocycles. The Hall–Kier alpha value is -5.93. The van der Waals surface area contributed by atoms with Crippen molar-refractivity contribution < 1.29 is 9.47 Å². The number of para-hydroxylation sites is 6. The molecule has 0 radical (unpaired) electrons. The first-order valence-electron chi connectivity index (χ1n) is 14.4. The van der Waals surface area contributed by atoms with Gasteiger partial charge in [0.05, 0.1) is 34.4 Å². The predicted octanol–water partition coefficient (Wildman–Crippen LogP) is 7.52. The molecule has 0 saturated carbocycles. The Morgan fingerprint density at radius 2 is 1.05 bits per heavy atom. The third-order valence-corrected chi connectivity index (χ3v) is 9.05. The van der Waals surface area contributed by atoms with Crippen LogP contribution < -0.4 is 35.7 Å². The summed E-state index contributed by atoms with van der Waals surface area (Å²) in [5.74, 6) is 3.30. The van der Waals surface area contributed by atoms with E-state index >= 15 is 0 Å². The molecule has 0 spiro atoms. The minimum absolute atomic E-state index is 0.0367. The lowest BCUT2D eigenvalue weighted by molar-refractivity contribution is 0.477. The molecule has 0 bridgehead atoms. The van der Waals surface area contributed by atoms with E-state index in [4.69, 9.17) is 9.47 Å². The van der Waals surface area contributed by atoms with E-state index in [2.05, 4.69) is 88.7 Å². The van der Waals surface area contributed by atoms with Crippen molar-refractivity contribution in [2.24, 2.45) is 0 Å². The molecular formula is C37H20BN3O2. The van der Waals surface area contributed by atoms with Crippen molar-refractivity contribution in [1.29, 1.82) is 5.26 Å². The molecule has 0 unspecified atom stereocenters.